The zero-order chi connectivity index (χ0) is 19.1. The van der Waals surface area contributed by atoms with Gasteiger partial charge in [-0.25, -0.2) is 5.48 Å². The molecule has 0 fully saturated rings. The Balaban J connectivity index is 1.44. The lowest BCUT2D eigenvalue weighted by Gasteiger charge is -2.06. The van der Waals surface area contributed by atoms with E-state index in [-0.39, 0.29) is 5.78 Å². The number of rotatable bonds is 8. The van der Waals surface area contributed by atoms with Gasteiger partial charge in [-0.15, -0.1) is 0 Å². The fraction of sp³-hybridized carbons (Fsp3) is 0.217. The van der Waals surface area contributed by atoms with Crippen molar-refractivity contribution in [3.05, 3.63) is 82.9 Å². The molecule has 0 unspecified atom stereocenters. The number of fused-ring (bicyclic) bond motifs is 1. The maximum absolute atomic E-state index is 12.3. The number of nitrogens with one attached hydrogen (secondary N) is 1. The summed E-state index contributed by atoms with van der Waals surface area (Å²) >= 11 is 0. The normalized spacial score (nSPS) is 12.7. The van der Waals surface area contributed by atoms with E-state index in [4.69, 9.17) is 5.21 Å². The molecule has 2 aromatic carbocycles. The molecule has 1 aliphatic rings. The molecule has 27 heavy (non-hydrogen) atoms. The van der Waals surface area contributed by atoms with Crippen LogP contribution in [-0.4, -0.2) is 16.9 Å². The lowest BCUT2D eigenvalue weighted by atomic mass is 9.98. The van der Waals surface area contributed by atoms with Crippen LogP contribution in [0.4, 0.5) is 0 Å². The summed E-state index contributed by atoms with van der Waals surface area (Å²) in [5.74, 6) is -0.284. The van der Waals surface area contributed by atoms with Gasteiger partial charge in [0.15, 0.2) is 0 Å². The van der Waals surface area contributed by atoms with Crippen LogP contribution in [0.1, 0.15) is 41.5 Å². The first kappa shape index (κ1) is 18.8. The van der Waals surface area contributed by atoms with Crippen molar-refractivity contribution in [1.82, 2.24) is 5.48 Å². The maximum atomic E-state index is 12.3. The first-order chi connectivity index (χ1) is 13.2. The molecule has 0 heterocycles. The van der Waals surface area contributed by atoms with Gasteiger partial charge in [-0.05, 0) is 53.2 Å². The largest absolute Gasteiger partial charge is 0.300 e. The Morgan fingerprint density at radius 3 is 2.52 bits per heavy atom. The molecule has 1 aliphatic carbocycles. The third kappa shape index (κ3) is 5.25. The molecule has 0 aliphatic heterocycles. The Morgan fingerprint density at radius 1 is 1.00 bits per heavy atom. The van der Waals surface area contributed by atoms with Crippen LogP contribution in [0, 0.1) is 0 Å². The average molecular weight is 361 g/mol. The van der Waals surface area contributed by atoms with Crippen molar-refractivity contribution in [1.29, 1.82) is 0 Å². The minimum absolute atomic E-state index is 0.281. The van der Waals surface area contributed by atoms with Crippen molar-refractivity contribution in [3.8, 4) is 0 Å². The van der Waals surface area contributed by atoms with Crippen LogP contribution >= 0.6 is 0 Å². The van der Waals surface area contributed by atoms with Crippen LogP contribution in [0.15, 0.2) is 60.7 Å². The first-order valence-electron chi connectivity index (χ1n) is 9.16. The number of hydrogen-bond donors (Lipinski definition) is 2. The monoisotopic (exact) mass is 361 g/mol. The first-order valence-corrected chi connectivity index (χ1v) is 9.16. The number of allylic oxidation sites excluding steroid dienone is 2. The standard InChI is InChI=1S/C23H23NO3/c25-21(15-13-20-12-11-19-3-1-2-4-22(19)20)14-9-17-5-7-18(8-6-17)10-16-23(26)24-27/h1-8,10,12,16,27H,9,11,13-15H2,(H,24,26)/b16-10+. The van der Waals surface area contributed by atoms with Crippen LogP contribution in [0.3, 0.4) is 0 Å². The van der Waals surface area contributed by atoms with E-state index < -0.39 is 5.91 Å². The molecule has 0 saturated carbocycles. The number of ketones is 1. The summed E-state index contributed by atoms with van der Waals surface area (Å²) in [6.45, 7) is 0. The van der Waals surface area contributed by atoms with Crippen LogP contribution in [-0.2, 0) is 22.4 Å². The second-order valence-electron chi connectivity index (χ2n) is 6.68. The SMILES string of the molecule is O=C(CCC1=CCc2ccccc21)CCc1ccc(/C=C/C(=O)NO)cc1. The number of hydrogen-bond acceptors (Lipinski definition) is 3. The molecule has 0 saturated heterocycles. The summed E-state index contributed by atoms with van der Waals surface area (Å²) in [4.78, 5) is 23.2. The Morgan fingerprint density at radius 2 is 1.74 bits per heavy atom. The maximum Gasteiger partial charge on any atom is 0.267 e. The van der Waals surface area contributed by atoms with Gasteiger partial charge in [-0.2, -0.15) is 0 Å². The van der Waals surface area contributed by atoms with Crippen molar-refractivity contribution in [2.75, 3.05) is 0 Å². The van der Waals surface area contributed by atoms with Crippen LogP contribution < -0.4 is 5.48 Å². The minimum atomic E-state index is -0.565. The molecular weight excluding hydrogens is 338 g/mol. The predicted octanol–water partition coefficient (Wildman–Crippen LogP) is 4.13. The van der Waals surface area contributed by atoms with Crippen LogP contribution in [0.2, 0.25) is 0 Å². The third-order valence-corrected chi connectivity index (χ3v) is 4.81. The molecule has 4 nitrogen and oxygen atoms in total. The third-order valence-electron chi connectivity index (χ3n) is 4.81. The zero-order valence-corrected chi connectivity index (χ0v) is 15.2. The number of benzene rings is 2. The molecule has 1 amide bonds. The van der Waals surface area contributed by atoms with E-state index in [1.807, 2.05) is 24.3 Å². The highest BCUT2D eigenvalue weighted by Gasteiger charge is 2.14. The molecule has 0 bridgehead atoms. The van der Waals surface area contributed by atoms with E-state index in [2.05, 4.69) is 30.3 Å². The molecule has 3 rings (SSSR count). The van der Waals surface area contributed by atoms with Gasteiger partial charge in [0.1, 0.15) is 5.78 Å². The Hall–Kier alpha value is -2.98. The van der Waals surface area contributed by atoms with Crippen LogP contribution in [0.25, 0.3) is 11.6 Å². The summed E-state index contributed by atoms with van der Waals surface area (Å²) in [6, 6.07) is 16.1. The van der Waals surface area contributed by atoms with Gasteiger partial charge < -0.3 is 0 Å². The van der Waals surface area contributed by atoms with Gasteiger partial charge >= 0.3 is 0 Å². The van der Waals surface area contributed by atoms with Crippen molar-refractivity contribution in [3.63, 3.8) is 0 Å². The number of carbonyl (C=O) groups is 2. The average Bonchev–Trinajstić information content (AvgIpc) is 3.12. The van der Waals surface area contributed by atoms with Gasteiger partial charge in [-0.3, -0.25) is 14.8 Å². The predicted molar refractivity (Wildman–Crippen MR) is 106 cm³/mol. The molecule has 2 N–H and O–H groups in total. The summed E-state index contributed by atoms with van der Waals surface area (Å²) in [5.41, 5.74) is 7.45. The van der Waals surface area contributed by atoms with Gasteiger partial charge in [0.25, 0.3) is 5.91 Å². The molecule has 4 heteroatoms. The number of Topliss-reactive ketones (excluding diaryl/α,β-unsaturated/α-hetero) is 1. The Labute approximate surface area is 159 Å². The summed E-state index contributed by atoms with van der Waals surface area (Å²) in [5, 5.41) is 8.45. The second-order valence-corrected chi connectivity index (χ2v) is 6.68. The van der Waals surface area contributed by atoms with E-state index in [9.17, 15) is 9.59 Å². The number of carbonyl (C=O) groups excluding carboxylic acids is 2. The van der Waals surface area contributed by atoms with Crippen molar-refractivity contribution in [2.45, 2.75) is 32.1 Å². The smallest absolute Gasteiger partial charge is 0.267 e. The summed E-state index contributed by atoms with van der Waals surface area (Å²) in [7, 11) is 0. The molecule has 0 atom stereocenters. The van der Waals surface area contributed by atoms with E-state index in [0.29, 0.717) is 12.8 Å². The highest BCUT2D eigenvalue weighted by atomic mass is 16.5. The van der Waals surface area contributed by atoms with Crippen molar-refractivity contribution in [2.24, 2.45) is 0 Å². The summed E-state index contributed by atoms with van der Waals surface area (Å²) in [6.07, 6.45) is 8.74. The highest BCUT2D eigenvalue weighted by molar-refractivity contribution is 5.90. The van der Waals surface area contributed by atoms with Crippen molar-refractivity contribution < 1.29 is 14.8 Å². The lowest BCUT2D eigenvalue weighted by molar-refractivity contribution is -0.124. The van der Waals surface area contributed by atoms with E-state index in [0.717, 1.165) is 30.4 Å². The fourth-order valence-corrected chi connectivity index (χ4v) is 3.28. The number of hydroxylamine groups is 1. The van der Waals surface area contributed by atoms with Crippen molar-refractivity contribution >= 4 is 23.3 Å². The van der Waals surface area contributed by atoms with E-state index >= 15 is 0 Å². The van der Waals surface area contributed by atoms with Crippen LogP contribution in [0.5, 0.6) is 0 Å². The van der Waals surface area contributed by atoms with Gasteiger partial charge in [0, 0.05) is 18.9 Å². The molecule has 2 aromatic rings. The molecular formula is C23H23NO3. The fourth-order valence-electron chi connectivity index (χ4n) is 3.28. The second kappa shape index (κ2) is 9.10. The van der Waals surface area contributed by atoms with Gasteiger partial charge in [0.05, 0.1) is 0 Å². The molecule has 0 radical (unpaired) electrons. The number of aryl methyl sites for hydroxylation is 1. The Kier molecular flexibility index (Phi) is 6.34. The van der Waals surface area contributed by atoms with E-state index in [1.165, 1.54) is 22.8 Å². The highest BCUT2D eigenvalue weighted by Crippen LogP contribution is 2.30. The Bertz CT molecular complexity index is 879. The molecule has 138 valence electrons. The van der Waals surface area contributed by atoms with Gasteiger partial charge in [0.2, 0.25) is 0 Å². The van der Waals surface area contributed by atoms with Gasteiger partial charge in [-0.1, -0.05) is 54.6 Å². The summed E-state index contributed by atoms with van der Waals surface area (Å²) < 4.78 is 0. The quantitative estimate of drug-likeness (QED) is 0.422. The van der Waals surface area contributed by atoms with E-state index in [1.54, 1.807) is 11.6 Å². The lowest BCUT2D eigenvalue weighted by Crippen LogP contribution is -2.14. The molecule has 0 aromatic heterocycles. The zero-order valence-electron chi connectivity index (χ0n) is 15.2. The minimum Gasteiger partial charge on any atom is -0.300 e. The number of amides is 1. The molecule has 0 spiro atoms. The topological polar surface area (TPSA) is 66.4 Å².